The molecule has 1 heterocycles. The van der Waals surface area contributed by atoms with E-state index in [1.165, 1.54) is 63.0 Å². The molecule has 4 nitrogen and oxygen atoms in total. The van der Waals surface area contributed by atoms with Crippen LogP contribution in [0.4, 0.5) is 4.39 Å². The van der Waals surface area contributed by atoms with Crippen molar-refractivity contribution < 1.29 is 13.9 Å². The van der Waals surface area contributed by atoms with Gasteiger partial charge in [-0.25, -0.2) is 19.2 Å². The van der Waals surface area contributed by atoms with Crippen molar-refractivity contribution in [1.29, 1.82) is 0 Å². The van der Waals surface area contributed by atoms with E-state index < -0.39 is 11.8 Å². The molecule has 0 N–H and O–H groups in total. The first-order valence-corrected chi connectivity index (χ1v) is 13.5. The monoisotopic (exact) mass is 490 g/mol. The van der Waals surface area contributed by atoms with Crippen LogP contribution < -0.4 is 4.74 Å². The lowest BCUT2D eigenvalue weighted by Crippen LogP contribution is -2.09. The third-order valence-electron chi connectivity index (χ3n) is 6.42. The number of rotatable bonds is 15. The molecule has 0 saturated carbocycles. The number of esters is 1. The fourth-order valence-corrected chi connectivity index (χ4v) is 4.20. The lowest BCUT2D eigenvalue weighted by Gasteiger charge is -2.08. The van der Waals surface area contributed by atoms with Gasteiger partial charge in [0, 0.05) is 18.5 Å². The summed E-state index contributed by atoms with van der Waals surface area (Å²) in [5.74, 6) is -0.546. The zero-order chi connectivity index (χ0) is 25.6. The van der Waals surface area contributed by atoms with Crippen molar-refractivity contribution in [1.82, 2.24) is 9.97 Å². The second kappa shape index (κ2) is 15.1. The maximum Gasteiger partial charge on any atom is 0.343 e. The summed E-state index contributed by atoms with van der Waals surface area (Å²) in [7, 11) is 0. The van der Waals surface area contributed by atoms with Crippen LogP contribution in [0.2, 0.25) is 0 Å². The van der Waals surface area contributed by atoms with Gasteiger partial charge in [0.2, 0.25) is 0 Å². The summed E-state index contributed by atoms with van der Waals surface area (Å²) in [5, 5.41) is 0. The first kappa shape index (κ1) is 27.5. The highest BCUT2D eigenvalue weighted by Crippen LogP contribution is 2.24. The summed E-state index contributed by atoms with van der Waals surface area (Å²) in [6.45, 7) is 4.41. The molecule has 36 heavy (non-hydrogen) atoms. The molecule has 0 atom stereocenters. The van der Waals surface area contributed by atoms with Crippen LogP contribution in [0, 0.1) is 5.82 Å². The number of aromatic nitrogens is 2. The summed E-state index contributed by atoms with van der Waals surface area (Å²) >= 11 is 0. The number of nitrogens with zero attached hydrogens (tertiary/aromatic N) is 2. The smallest absolute Gasteiger partial charge is 0.343 e. The average molecular weight is 491 g/mol. The minimum Gasteiger partial charge on any atom is -0.423 e. The summed E-state index contributed by atoms with van der Waals surface area (Å²) in [6, 6.07) is 11.8. The average Bonchev–Trinajstić information content (AvgIpc) is 2.89. The van der Waals surface area contributed by atoms with Crippen molar-refractivity contribution in [3.05, 3.63) is 77.4 Å². The molecule has 0 unspecified atom stereocenters. The van der Waals surface area contributed by atoms with E-state index in [1.54, 1.807) is 36.7 Å². The van der Waals surface area contributed by atoms with Crippen LogP contribution in [-0.2, 0) is 12.8 Å². The number of carbonyl (C=O) groups excluding carboxylic acids is 1. The molecular weight excluding hydrogens is 451 g/mol. The van der Waals surface area contributed by atoms with E-state index >= 15 is 0 Å². The van der Waals surface area contributed by atoms with Crippen molar-refractivity contribution >= 4 is 5.97 Å². The molecule has 0 saturated heterocycles. The van der Waals surface area contributed by atoms with E-state index in [0.29, 0.717) is 11.4 Å². The molecule has 1 aromatic heterocycles. The van der Waals surface area contributed by atoms with Crippen LogP contribution in [0.25, 0.3) is 11.4 Å². The third-order valence-corrected chi connectivity index (χ3v) is 6.42. The van der Waals surface area contributed by atoms with Crippen molar-refractivity contribution in [3.8, 4) is 17.1 Å². The van der Waals surface area contributed by atoms with Gasteiger partial charge in [-0.15, -0.1) is 0 Å². The normalized spacial score (nSPS) is 11.0. The van der Waals surface area contributed by atoms with Crippen molar-refractivity contribution in [2.45, 2.75) is 90.9 Å². The van der Waals surface area contributed by atoms with Crippen LogP contribution >= 0.6 is 0 Å². The standard InChI is InChI=1S/C31H39FN2O2/c1-3-5-7-8-9-10-12-14-25-22-33-30(34-23-25)28-20-19-27(21-29(28)32)36-31(35)26-17-15-24(16-18-26)13-11-6-4-2/h15-23H,3-14H2,1-2H3. The number of halogens is 1. The molecule has 3 rings (SSSR count). The molecule has 0 spiro atoms. The van der Waals surface area contributed by atoms with Gasteiger partial charge in [-0.1, -0.05) is 77.3 Å². The summed E-state index contributed by atoms with van der Waals surface area (Å²) < 4.78 is 20.2. The molecular formula is C31H39FN2O2. The van der Waals surface area contributed by atoms with E-state index in [9.17, 15) is 9.18 Å². The second-order valence-electron chi connectivity index (χ2n) is 9.47. The highest BCUT2D eigenvalue weighted by molar-refractivity contribution is 5.91. The van der Waals surface area contributed by atoms with Crippen molar-refractivity contribution in [2.24, 2.45) is 0 Å². The van der Waals surface area contributed by atoms with E-state index in [2.05, 4.69) is 23.8 Å². The van der Waals surface area contributed by atoms with Crippen LogP contribution in [0.15, 0.2) is 54.9 Å². The molecule has 0 fully saturated rings. The molecule has 5 heteroatoms. The maximum atomic E-state index is 14.8. The lowest BCUT2D eigenvalue weighted by atomic mass is 10.1. The Morgan fingerprint density at radius 3 is 2.00 bits per heavy atom. The highest BCUT2D eigenvalue weighted by Gasteiger charge is 2.13. The molecule has 2 aromatic carbocycles. The van der Waals surface area contributed by atoms with Gasteiger partial charge >= 0.3 is 5.97 Å². The lowest BCUT2D eigenvalue weighted by molar-refractivity contribution is 0.0734. The molecule has 0 aliphatic carbocycles. The number of benzene rings is 2. The van der Waals surface area contributed by atoms with Gasteiger partial charge in [-0.3, -0.25) is 0 Å². The van der Waals surface area contributed by atoms with Crippen molar-refractivity contribution in [3.63, 3.8) is 0 Å². The van der Waals surface area contributed by atoms with E-state index in [1.807, 2.05) is 12.1 Å². The van der Waals surface area contributed by atoms with Gasteiger partial charge in [-0.05, 0) is 61.1 Å². The topological polar surface area (TPSA) is 52.1 Å². The molecule has 0 aliphatic heterocycles. The Morgan fingerprint density at radius 2 is 1.33 bits per heavy atom. The fraction of sp³-hybridized carbons (Fsp3) is 0.452. The molecule has 192 valence electrons. The number of hydrogen-bond acceptors (Lipinski definition) is 4. The minimum absolute atomic E-state index is 0.156. The Kier molecular flexibility index (Phi) is 11.6. The Bertz CT molecular complexity index is 1060. The Balaban J connectivity index is 1.51. The van der Waals surface area contributed by atoms with Gasteiger partial charge in [0.25, 0.3) is 0 Å². The number of ether oxygens (including phenoxy) is 1. The Hall–Kier alpha value is -3.08. The van der Waals surface area contributed by atoms with E-state index in [0.717, 1.165) is 31.2 Å². The molecule has 0 radical (unpaired) electrons. The summed E-state index contributed by atoms with van der Waals surface area (Å²) in [4.78, 5) is 21.2. The predicted octanol–water partition coefficient (Wildman–Crippen LogP) is 8.53. The van der Waals surface area contributed by atoms with Crippen LogP contribution in [0.5, 0.6) is 5.75 Å². The number of carbonyl (C=O) groups is 1. The van der Waals surface area contributed by atoms with Gasteiger partial charge in [-0.2, -0.15) is 0 Å². The number of unbranched alkanes of at least 4 members (excludes halogenated alkanes) is 8. The Labute approximate surface area is 215 Å². The third kappa shape index (κ3) is 8.85. The van der Waals surface area contributed by atoms with E-state index in [4.69, 9.17) is 4.74 Å². The molecule has 0 amide bonds. The van der Waals surface area contributed by atoms with Gasteiger partial charge in [0.05, 0.1) is 11.1 Å². The zero-order valence-corrected chi connectivity index (χ0v) is 21.8. The number of hydrogen-bond donors (Lipinski definition) is 0. The quantitative estimate of drug-likeness (QED) is 0.122. The Morgan fingerprint density at radius 1 is 0.750 bits per heavy atom. The van der Waals surface area contributed by atoms with Gasteiger partial charge in [0.1, 0.15) is 11.6 Å². The van der Waals surface area contributed by atoms with Crippen molar-refractivity contribution in [2.75, 3.05) is 0 Å². The fourth-order valence-electron chi connectivity index (χ4n) is 4.20. The summed E-state index contributed by atoms with van der Waals surface area (Å²) in [6.07, 6.45) is 17.8. The van der Waals surface area contributed by atoms with Crippen LogP contribution in [0.3, 0.4) is 0 Å². The first-order valence-electron chi connectivity index (χ1n) is 13.5. The predicted molar refractivity (Wildman–Crippen MR) is 144 cm³/mol. The maximum absolute atomic E-state index is 14.8. The highest BCUT2D eigenvalue weighted by atomic mass is 19.1. The largest absolute Gasteiger partial charge is 0.423 e. The molecule has 0 bridgehead atoms. The van der Waals surface area contributed by atoms with Gasteiger partial charge in [0.15, 0.2) is 5.82 Å². The summed E-state index contributed by atoms with van der Waals surface area (Å²) in [5.41, 5.74) is 2.99. The van der Waals surface area contributed by atoms with Gasteiger partial charge < -0.3 is 4.74 Å². The van der Waals surface area contributed by atoms with Crippen LogP contribution in [-0.4, -0.2) is 15.9 Å². The SMILES string of the molecule is CCCCCCCCCc1cnc(-c2ccc(OC(=O)c3ccc(CCCCC)cc3)cc2F)nc1. The van der Waals surface area contributed by atoms with Crippen LogP contribution in [0.1, 0.15) is 99.5 Å². The second-order valence-corrected chi connectivity index (χ2v) is 9.47. The molecule has 3 aromatic rings. The van der Waals surface area contributed by atoms with E-state index in [-0.39, 0.29) is 11.3 Å². The first-order chi connectivity index (χ1) is 17.6. The zero-order valence-electron chi connectivity index (χ0n) is 21.8. The number of aryl methyl sites for hydroxylation is 2. The molecule has 0 aliphatic rings. The minimum atomic E-state index is -0.522.